The molecule has 3 heteroatoms. The van der Waals surface area contributed by atoms with Gasteiger partial charge in [0.15, 0.2) is 0 Å². The van der Waals surface area contributed by atoms with E-state index in [4.69, 9.17) is 0 Å². The Bertz CT molecular complexity index is 389. The van der Waals surface area contributed by atoms with Crippen LogP contribution in [-0.4, -0.2) is 30.4 Å². The van der Waals surface area contributed by atoms with Gasteiger partial charge in [-0.15, -0.1) is 0 Å². The lowest BCUT2D eigenvalue weighted by Gasteiger charge is -2.22. The second-order valence-corrected chi connectivity index (χ2v) is 4.29. The molecule has 0 saturated carbocycles. The minimum absolute atomic E-state index is 0.148. The van der Waals surface area contributed by atoms with E-state index in [-0.39, 0.29) is 5.91 Å². The maximum absolute atomic E-state index is 12.3. The molecule has 1 aromatic carbocycles. The summed E-state index contributed by atoms with van der Waals surface area (Å²) in [6, 6.07) is 8.05. The predicted molar refractivity (Wildman–Crippen MR) is 65.7 cm³/mol. The maximum Gasteiger partial charge on any atom is 0.256 e. The molecule has 1 aliphatic heterocycles. The number of benzene rings is 1. The maximum atomic E-state index is 12.3. The summed E-state index contributed by atoms with van der Waals surface area (Å²) in [5.74, 6) is 0.148. The zero-order chi connectivity index (χ0) is 11.5. The number of rotatable bonds is 2. The lowest BCUT2D eigenvalue weighted by molar-refractivity contribution is 0.0748. The molecule has 1 aliphatic rings. The lowest BCUT2D eigenvalue weighted by atomic mass is 10.1. The van der Waals surface area contributed by atoms with E-state index in [1.165, 1.54) is 0 Å². The van der Waals surface area contributed by atoms with Gasteiger partial charge in [-0.25, -0.2) is 0 Å². The molecule has 0 radical (unpaired) electrons. The summed E-state index contributed by atoms with van der Waals surface area (Å²) >= 11 is 0. The number of nitrogens with zero attached hydrogens (tertiary/aromatic N) is 1. The quantitative estimate of drug-likeness (QED) is 0.826. The number of hydrogen-bond donors (Lipinski definition) is 1. The first kappa shape index (κ1) is 11.0. The van der Waals surface area contributed by atoms with Crippen LogP contribution in [0.2, 0.25) is 0 Å². The Morgan fingerprint density at radius 1 is 1.44 bits per heavy atom. The monoisotopic (exact) mass is 218 g/mol. The summed E-state index contributed by atoms with van der Waals surface area (Å²) in [5, 5.41) is 3.07. The molecule has 86 valence electrons. The van der Waals surface area contributed by atoms with Gasteiger partial charge in [0.1, 0.15) is 0 Å². The van der Waals surface area contributed by atoms with Crippen LogP contribution in [0, 0.1) is 0 Å². The third-order valence-electron chi connectivity index (χ3n) is 3.24. The Hall–Kier alpha value is -1.51. The van der Waals surface area contributed by atoms with Crippen molar-refractivity contribution in [1.82, 2.24) is 4.90 Å². The van der Waals surface area contributed by atoms with Crippen molar-refractivity contribution in [3.05, 3.63) is 29.8 Å². The highest BCUT2D eigenvalue weighted by atomic mass is 16.2. The molecule has 2 rings (SSSR count). The molecule has 3 nitrogen and oxygen atoms in total. The number of anilines is 1. The molecule has 1 unspecified atom stereocenters. The van der Waals surface area contributed by atoms with Gasteiger partial charge in [0.25, 0.3) is 5.91 Å². The van der Waals surface area contributed by atoms with Crippen molar-refractivity contribution in [2.75, 3.05) is 18.9 Å². The number of likely N-dealkylation sites (tertiary alicyclic amines) is 1. The van der Waals surface area contributed by atoms with Crippen molar-refractivity contribution >= 4 is 11.6 Å². The summed E-state index contributed by atoms with van der Waals surface area (Å²) < 4.78 is 0. The Morgan fingerprint density at radius 2 is 2.19 bits per heavy atom. The first-order valence-corrected chi connectivity index (χ1v) is 5.82. The Labute approximate surface area is 96.5 Å². The van der Waals surface area contributed by atoms with Crippen molar-refractivity contribution in [2.24, 2.45) is 0 Å². The summed E-state index contributed by atoms with van der Waals surface area (Å²) in [7, 11) is 1.85. The fourth-order valence-electron chi connectivity index (χ4n) is 2.28. The van der Waals surface area contributed by atoms with Crippen LogP contribution in [0.25, 0.3) is 0 Å². The van der Waals surface area contributed by atoms with E-state index in [0.29, 0.717) is 6.04 Å². The molecule has 1 saturated heterocycles. The van der Waals surface area contributed by atoms with Crippen LogP contribution in [0.4, 0.5) is 5.69 Å². The molecule has 1 atom stereocenters. The summed E-state index contributed by atoms with van der Waals surface area (Å²) in [5.41, 5.74) is 1.69. The lowest BCUT2D eigenvalue weighted by Crippen LogP contribution is -2.33. The van der Waals surface area contributed by atoms with Crippen LogP contribution in [0.5, 0.6) is 0 Å². The number of carbonyl (C=O) groups excluding carboxylic acids is 1. The van der Waals surface area contributed by atoms with Gasteiger partial charge >= 0.3 is 0 Å². The first-order chi connectivity index (χ1) is 7.74. The molecule has 16 heavy (non-hydrogen) atoms. The van der Waals surface area contributed by atoms with Crippen molar-refractivity contribution in [3.63, 3.8) is 0 Å². The van der Waals surface area contributed by atoms with Crippen LogP contribution in [0.1, 0.15) is 30.1 Å². The minimum Gasteiger partial charge on any atom is -0.387 e. The SMILES string of the molecule is CNc1ccccc1C(=O)N1CCCC1C. The number of hydrogen-bond acceptors (Lipinski definition) is 2. The topological polar surface area (TPSA) is 32.3 Å². The molecule has 0 bridgehead atoms. The summed E-state index contributed by atoms with van der Waals surface area (Å²) in [6.07, 6.45) is 2.24. The second kappa shape index (κ2) is 4.56. The molecular formula is C13H18N2O. The Morgan fingerprint density at radius 3 is 2.81 bits per heavy atom. The van der Waals surface area contributed by atoms with Gasteiger partial charge in [-0.1, -0.05) is 12.1 Å². The van der Waals surface area contributed by atoms with Crippen molar-refractivity contribution in [2.45, 2.75) is 25.8 Å². The zero-order valence-electron chi connectivity index (χ0n) is 9.86. The van der Waals surface area contributed by atoms with Gasteiger partial charge in [-0.2, -0.15) is 0 Å². The molecule has 1 amide bonds. The highest BCUT2D eigenvalue weighted by molar-refractivity contribution is 5.99. The smallest absolute Gasteiger partial charge is 0.256 e. The van der Waals surface area contributed by atoms with Gasteiger partial charge in [0, 0.05) is 25.3 Å². The average molecular weight is 218 g/mol. The van der Waals surface area contributed by atoms with Gasteiger partial charge in [0.2, 0.25) is 0 Å². The standard InChI is InChI=1S/C13H18N2O/c1-10-6-5-9-15(10)13(16)11-7-3-4-8-12(11)14-2/h3-4,7-8,10,14H,5-6,9H2,1-2H3. The number of para-hydroxylation sites is 1. The van der Waals surface area contributed by atoms with Gasteiger partial charge < -0.3 is 10.2 Å². The Balaban J connectivity index is 2.26. The van der Waals surface area contributed by atoms with Crippen molar-refractivity contribution < 1.29 is 4.79 Å². The van der Waals surface area contributed by atoms with Crippen molar-refractivity contribution in [1.29, 1.82) is 0 Å². The van der Waals surface area contributed by atoms with E-state index >= 15 is 0 Å². The number of amides is 1. The van der Waals surface area contributed by atoms with Crippen LogP contribution in [-0.2, 0) is 0 Å². The normalized spacial score (nSPS) is 19.9. The van der Waals surface area contributed by atoms with Crippen LogP contribution in [0.15, 0.2) is 24.3 Å². The molecular weight excluding hydrogens is 200 g/mol. The second-order valence-electron chi connectivity index (χ2n) is 4.29. The molecule has 0 aliphatic carbocycles. The van der Waals surface area contributed by atoms with E-state index in [1.807, 2.05) is 36.2 Å². The zero-order valence-corrected chi connectivity index (χ0v) is 9.86. The van der Waals surface area contributed by atoms with Crippen LogP contribution < -0.4 is 5.32 Å². The first-order valence-electron chi connectivity index (χ1n) is 5.82. The summed E-state index contributed by atoms with van der Waals surface area (Å²) in [6.45, 7) is 3.00. The third kappa shape index (κ3) is 1.90. The molecule has 1 aromatic rings. The Kier molecular flexibility index (Phi) is 3.13. The fraction of sp³-hybridized carbons (Fsp3) is 0.462. The molecule has 0 spiro atoms. The number of carbonyl (C=O) groups is 1. The third-order valence-corrected chi connectivity index (χ3v) is 3.24. The fourth-order valence-corrected chi connectivity index (χ4v) is 2.28. The highest BCUT2D eigenvalue weighted by Gasteiger charge is 2.26. The van der Waals surface area contributed by atoms with Gasteiger partial charge in [-0.3, -0.25) is 4.79 Å². The van der Waals surface area contributed by atoms with Crippen LogP contribution >= 0.6 is 0 Å². The van der Waals surface area contributed by atoms with E-state index in [2.05, 4.69) is 12.2 Å². The highest BCUT2D eigenvalue weighted by Crippen LogP contribution is 2.23. The largest absolute Gasteiger partial charge is 0.387 e. The van der Waals surface area contributed by atoms with E-state index in [1.54, 1.807) is 0 Å². The van der Waals surface area contributed by atoms with E-state index < -0.39 is 0 Å². The number of nitrogens with one attached hydrogen (secondary N) is 1. The molecule has 1 heterocycles. The van der Waals surface area contributed by atoms with E-state index in [0.717, 1.165) is 30.6 Å². The van der Waals surface area contributed by atoms with E-state index in [9.17, 15) is 4.79 Å². The minimum atomic E-state index is 0.148. The molecule has 1 N–H and O–H groups in total. The molecule has 1 fully saturated rings. The summed E-state index contributed by atoms with van der Waals surface area (Å²) in [4.78, 5) is 14.3. The van der Waals surface area contributed by atoms with Crippen molar-refractivity contribution in [3.8, 4) is 0 Å². The predicted octanol–water partition coefficient (Wildman–Crippen LogP) is 2.35. The average Bonchev–Trinajstić information content (AvgIpc) is 2.74. The van der Waals surface area contributed by atoms with Gasteiger partial charge in [-0.05, 0) is 31.9 Å². The molecule has 0 aromatic heterocycles. The van der Waals surface area contributed by atoms with Crippen LogP contribution in [0.3, 0.4) is 0 Å². The van der Waals surface area contributed by atoms with Gasteiger partial charge in [0.05, 0.1) is 5.56 Å².